The van der Waals surface area contributed by atoms with Gasteiger partial charge in [0.2, 0.25) is 11.8 Å². The number of fused-ring (bicyclic) bond motifs is 1. The third-order valence-electron chi connectivity index (χ3n) is 5.80. The van der Waals surface area contributed by atoms with Crippen molar-refractivity contribution in [2.75, 3.05) is 45.9 Å². The Bertz CT molecular complexity index is 612. The number of hydrogen-bond donors (Lipinski definition) is 0. The molecule has 26 heavy (non-hydrogen) atoms. The van der Waals surface area contributed by atoms with E-state index in [4.69, 9.17) is 9.26 Å². The summed E-state index contributed by atoms with van der Waals surface area (Å²) in [5.41, 5.74) is 0. The standard InChI is InChI=1S/C18H29N5O3/c1-14-19-17(26-20-14)12-21-6-8-22(9-7-21)13-18(24)23-10-11-25-16-5-3-2-4-15(16)23/h15-16H,2-13H2,1H3. The van der Waals surface area contributed by atoms with Gasteiger partial charge in [-0.15, -0.1) is 0 Å². The largest absolute Gasteiger partial charge is 0.374 e. The molecule has 1 aromatic heterocycles. The van der Waals surface area contributed by atoms with Crippen LogP contribution in [-0.2, 0) is 16.1 Å². The van der Waals surface area contributed by atoms with Crippen molar-refractivity contribution in [3.63, 3.8) is 0 Å². The zero-order valence-electron chi connectivity index (χ0n) is 15.6. The maximum Gasteiger partial charge on any atom is 0.240 e. The van der Waals surface area contributed by atoms with Gasteiger partial charge in [-0.25, -0.2) is 0 Å². The van der Waals surface area contributed by atoms with Crippen LogP contribution >= 0.6 is 0 Å². The van der Waals surface area contributed by atoms with Gasteiger partial charge in [-0.2, -0.15) is 4.98 Å². The third kappa shape index (κ3) is 4.07. The molecule has 3 heterocycles. The van der Waals surface area contributed by atoms with Gasteiger partial charge in [0.05, 0.1) is 31.8 Å². The Labute approximate surface area is 154 Å². The predicted octanol–water partition coefficient (Wildman–Crippen LogP) is 0.666. The molecule has 8 heteroatoms. The number of morpholine rings is 1. The smallest absolute Gasteiger partial charge is 0.240 e. The van der Waals surface area contributed by atoms with Gasteiger partial charge in [-0.3, -0.25) is 14.6 Å². The number of amides is 1. The minimum absolute atomic E-state index is 0.260. The number of carbonyl (C=O) groups is 1. The molecule has 0 radical (unpaired) electrons. The SMILES string of the molecule is Cc1noc(CN2CCN(CC(=O)N3CCOC4CCCCC43)CC2)n1. The van der Waals surface area contributed by atoms with Crippen LogP contribution in [0.2, 0.25) is 0 Å². The highest BCUT2D eigenvalue weighted by atomic mass is 16.5. The number of aromatic nitrogens is 2. The van der Waals surface area contributed by atoms with Gasteiger partial charge in [0.1, 0.15) is 0 Å². The van der Waals surface area contributed by atoms with Crippen molar-refractivity contribution < 1.29 is 14.1 Å². The number of hydrogen-bond acceptors (Lipinski definition) is 7. The van der Waals surface area contributed by atoms with Gasteiger partial charge < -0.3 is 14.2 Å². The van der Waals surface area contributed by atoms with E-state index < -0.39 is 0 Å². The lowest BCUT2D eigenvalue weighted by Crippen LogP contribution is -2.57. The van der Waals surface area contributed by atoms with E-state index in [-0.39, 0.29) is 12.0 Å². The summed E-state index contributed by atoms with van der Waals surface area (Å²) in [6, 6.07) is 0.298. The Balaban J connectivity index is 1.25. The molecule has 0 N–H and O–H groups in total. The van der Waals surface area contributed by atoms with Crippen LogP contribution in [0.5, 0.6) is 0 Å². The lowest BCUT2D eigenvalue weighted by Gasteiger charge is -2.44. The van der Waals surface area contributed by atoms with Crippen molar-refractivity contribution >= 4 is 5.91 Å². The van der Waals surface area contributed by atoms with Crippen LogP contribution in [0.25, 0.3) is 0 Å². The van der Waals surface area contributed by atoms with Crippen LogP contribution in [0.15, 0.2) is 4.52 Å². The molecule has 0 bridgehead atoms. The summed E-state index contributed by atoms with van der Waals surface area (Å²) >= 11 is 0. The van der Waals surface area contributed by atoms with Gasteiger partial charge in [0, 0.05) is 32.7 Å². The van der Waals surface area contributed by atoms with Crippen molar-refractivity contribution in [2.24, 2.45) is 0 Å². The van der Waals surface area contributed by atoms with Gasteiger partial charge in [-0.1, -0.05) is 18.0 Å². The predicted molar refractivity (Wildman–Crippen MR) is 94.5 cm³/mol. The lowest BCUT2D eigenvalue weighted by molar-refractivity contribution is -0.151. The van der Waals surface area contributed by atoms with E-state index in [1.165, 1.54) is 12.8 Å². The molecule has 4 rings (SSSR count). The molecule has 1 aromatic rings. The van der Waals surface area contributed by atoms with Crippen LogP contribution in [-0.4, -0.2) is 88.8 Å². The average Bonchev–Trinajstić information content (AvgIpc) is 3.07. The second kappa shape index (κ2) is 8.02. The normalized spacial score (nSPS) is 28.1. The molecule has 3 aliphatic rings. The number of piperazine rings is 1. The molecule has 1 amide bonds. The molecule has 8 nitrogen and oxygen atoms in total. The fourth-order valence-electron chi connectivity index (χ4n) is 4.39. The molecule has 0 aromatic carbocycles. The molecule has 1 aliphatic carbocycles. The number of nitrogens with zero attached hydrogens (tertiary/aromatic N) is 5. The van der Waals surface area contributed by atoms with Crippen molar-refractivity contribution in [3.05, 3.63) is 11.7 Å². The first kappa shape index (κ1) is 17.9. The fourth-order valence-corrected chi connectivity index (χ4v) is 4.39. The van der Waals surface area contributed by atoms with Gasteiger partial charge in [-0.05, 0) is 19.8 Å². The molecule has 144 valence electrons. The van der Waals surface area contributed by atoms with E-state index in [0.29, 0.717) is 37.5 Å². The highest BCUT2D eigenvalue weighted by Gasteiger charge is 2.37. The maximum atomic E-state index is 12.9. The number of carbonyl (C=O) groups excluding carboxylic acids is 1. The first-order valence-electron chi connectivity index (χ1n) is 9.84. The minimum atomic E-state index is 0.260. The summed E-state index contributed by atoms with van der Waals surface area (Å²) in [6.45, 7) is 8.12. The minimum Gasteiger partial charge on any atom is -0.374 e. The summed E-state index contributed by atoms with van der Waals surface area (Å²) in [7, 11) is 0. The Morgan fingerprint density at radius 2 is 1.88 bits per heavy atom. The van der Waals surface area contributed by atoms with Crippen molar-refractivity contribution in [2.45, 2.75) is 51.3 Å². The Morgan fingerprint density at radius 1 is 1.12 bits per heavy atom. The van der Waals surface area contributed by atoms with Crippen molar-refractivity contribution in [1.29, 1.82) is 0 Å². The molecule has 2 unspecified atom stereocenters. The van der Waals surface area contributed by atoms with Crippen LogP contribution in [0, 0.1) is 6.92 Å². The summed E-state index contributed by atoms with van der Waals surface area (Å²) in [5, 5.41) is 3.84. The van der Waals surface area contributed by atoms with E-state index in [1.807, 2.05) is 6.92 Å². The second-order valence-electron chi connectivity index (χ2n) is 7.64. The van der Waals surface area contributed by atoms with E-state index in [2.05, 4.69) is 24.8 Å². The molecule has 3 fully saturated rings. The Kier molecular flexibility index (Phi) is 5.52. The fraction of sp³-hybridized carbons (Fsp3) is 0.833. The maximum absolute atomic E-state index is 12.9. The highest BCUT2D eigenvalue weighted by Crippen LogP contribution is 2.28. The first-order valence-corrected chi connectivity index (χ1v) is 9.84. The molecular weight excluding hydrogens is 334 g/mol. The average molecular weight is 363 g/mol. The zero-order chi connectivity index (χ0) is 17.9. The van der Waals surface area contributed by atoms with Gasteiger partial charge >= 0.3 is 0 Å². The third-order valence-corrected chi connectivity index (χ3v) is 5.80. The Hall–Kier alpha value is -1.51. The quantitative estimate of drug-likeness (QED) is 0.778. The summed E-state index contributed by atoms with van der Waals surface area (Å²) in [5.74, 6) is 1.62. The van der Waals surface area contributed by atoms with E-state index in [0.717, 1.165) is 45.6 Å². The van der Waals surface area contributed by atoms with Crippen LogP contribution in [0.1, 0.15) is 37.4 Å². The molecule has 0 spiro atoms. The monoisotopic (exact) mass is 363 g/mol. The molecular formula is C18H29N5O3. The highest BCUT2D eigenvalue weighted by molar-refractivity contribution is 5.78. The first-order chi connectivity index (χ1) is 12.7. The topological polar surface area (TPSA) is 74.9 Å². The molecule has 2 atom stereocenters. The second-order valence-corrected chi connectivity index (χ2v) is 7.64. The number of ether oxygens (including phenoxy) is 1. The van der Waals surface area contributed by atoms with E-state index >= 15 is 0 Å². The summed E-state index contributed by atoms with van der Waals surface area (Å²) < 4.78 is 11.1. The van der Waals surface area contributed by atoms with E-state index in [1.54, 1.807) is 0 Å². The summed E-state index contributed by atoms with van der Waals surface area (Å²) in [4.78, 5) is 23.8. The van der Waals surface area contributed by atoms with Gasteiger partial charge in [0.15, 0.2) is 5.82 Å². The van der Waals surface area contributed by atoms with Crippen molar-refractivity contribution in [3.8, 4) is 0 Å². The van der Waals surface area contributed by atoms with Crippen LogP contribution in [0.3, 0.4) is 0 Å². The molecule has 2 saturated heterocycles. The summed E-state index contributed by atoms with van der Waals surface area (Å²) in [6.07, 6.45) is 4.89. The van der Waals surface area contributed by atoms with Crippen LogP contribution < -0.4 is 0 Å². The zero-order valence-corrected chi connectivity index (χ0v) is 15.6. The van der Waals surface area contributed by atoms with Gasteiger partial charge in [0.25, 0.3) is 0 Å². The Morgan fingerprint density at radius 3 is 2.65 bits per heavy atom. The van der Waals surface area contributed by atoms with Crippen molar-refractivity contribution in [1.82, 2.24) is 24.8 Å². The molecule has 1 saturated carbocycles. The van der Waals surface area contributed by atoms with E-state index in [9.17, 15) is 4.79 Å². The van der Waals surface area contributed by atoms with Crippen LogP contribution in [0.4, 0.5) is 0 Å². The molecule has 2 aliphatic heterocycles. The lowest BCUT2D eigenvalue weighted by atomic mass is 9.90. The number of aryl methyl sites for hydroxylation is 1. The number of rotatable bonds is 4.